The van der Waals surface area contributed by atoms with Crippen LogP contribution in [-0.4, -0.2) is 12.9 Å². The molecule has 0 bridgehead atoms. The van der Waals surface area contributed by atoms with Gasteiger partial charge in [0.15, 0.2) is 17.9 Å². The fourth-order valence-electron chi connectivity index (χ4n) is 1.48. The first-order valence-electron chi connectivity index (χ1n) is 5.19. The van der Waals surface area contributed by atoms with Crippen LogP contribution in [0.3, 0.4) is 0 Å². The summed E-state index contributed by atoms with van der Waals surface area (Å²) < 4.78 is 18.8. The van der Waals surface area contributed by atoms with Gasteiger partial charge in [-0.15, -0.1) is 0 Å². The molecule has 0 saturated carbocycles. The Labute approximate surface area is 103 Å². The van der Waals surface area contributed by atoms with Crippen molar-refractivity contribution in [2.75, 3.05) is 6.61 Å². The molecule has 17 heavy (non-hydrogen) atoms. The Morgan fingerprint density at radius 2 is 2.24 bits per heavy atom. The minimum atomic E-state index is -0.500. The molecule has 0 amide bonds. The lowest BCUT2D eigenvalue weighted by Crippen LogP contribution is -2.04. The van der Waals surface area contributed by atoms with Crippen molar-refractivity contribution < 1.29 is 13.9 Å². The number of thiophene rings is 1. The third kappa shape index (κ3) is 2.91. The molecule has 0 aliphatic heterocycles. The Balaban J connectivity index is 2.01. The van der Waals surface area contributed by atoms with Gasteiger partial charge in [0.1, 0.15) is 0 Å². The Morgan fingerprint density at radius 1 is 1.35 bits per heavy atom. The Hall–Kier alpha value is -1.68. The third-order valence-corrected chi connectivity index (χ3v) is 3.07. The molecule has 2 rings (SSSR count). The number of hydrogen-bond donors (Lipinski definition) is 0. The van der Waals surface area contributed by atoms with Crippen molar-refractivity contribution in [2.45, 2.75) is 6.42 Å². The number of para-hydroxylation sites is 1. The summed E-state index contributed by atoms with van der Waals surface area (Å²) >= 11 is 1.61. The molecule has 1 aromatic heterocycles. The van der Waals surface area contributed by atoms with E-state index in [0.29, 0.717) is 19.3 Å². The van der Waals surface area contributed by atoms with E-state index in [4.69, 9.17) is 4.74 Å². The van der Waals surface area contributed by atoms with Gasteiger partial charge in [-0.3, -0.25) is 4.79 Å². The van der Waals surface area contributed by atoms with Gasteiger partial charge >= 0.3 is 0 Å². The highest BCUT2D eigenvalue weighted by Gasteiger charge is 2.08. The van der Waals surface area contributed by atoms with Crippen LogP contribution >= 0.6 is 11.3 Å². The second-order valence-electron chi connectivity index (χ2n) is 3.51. The van der Waals surface area contributed by atoms with E-state index in [1.54, 1.807) is 11.3 Å². The second-order valence-corrected chi connectivity index (χ2v) is 4.29. The molecule has 1 heterocycles. The van der Waals surface area contributed by atoms with Gasteiger partial charge in [-0.05, 0) is 34.5 Å². The van der Waals surface area contributed by atoms with Crippen molar-refractivity contribution in [3.8, 4) is 5.75 Å². The first-order chi connectivity index (χ1) is 8.31. The summed E-state index contributed by atoms with van der Waals surface area (Å²) in [4.78, 5) is 10.7. The van der Waals surface area contributed by atoms with Crippen LogP contribution in [0.25, 0.3) is 0 Å². The molecule has 0 fully saturated rings. The van der Waals surface area contributed by atoms with Gasteiger partial charge in [-0.25, -0.2) is 4.39 Å². The first kappa shape index (κ1) is 11.8. The molecule has 0 aliphatic carbocycles. The van der Waals surface area contributed by atoms with Crippen LogP contribution in [0.2, 0.25) is 0 Å². The molecule has 0 atom stereocenters. The Kier molecular flexibility index (Phi) is 3.88. The summed E-state index contributed by atoms with van der Waals surface area (Å²) in [5.41, 5.74) is 1.40. The molecule has 4 heteroatoms. The van der Waals surface area contributed by atoms with Crippen molar-refractivity contribution in [1.29, 1.82) is 0 Å². The zero-order valence-corrected chi connectivity index (χ0v) is 9.87. The summed E-state index contributed by atoms with van der Waals surface area (Å²) in [7, 11) is 0. The quantitative estimate of drug-likeness (QED) is 0.761. The molecule has 2 nitrogen and oxygen atoms in total. The molecule has 0 spiro atoms. The minimum absolute atomic E-state index is 0.0396. The highest BCUT2D eigenvalue weighted by atomic mass is 32.1. The molecule has 0 radical (unpaired) electrons. The number of benzene rings is 1. The van der Waals surface area contributed by atoms with Crippen molar-refractivity contribution in [3.05, 3.63) is 52.0 Å². The van der Waals surface area contributed by atoms with E-state index in [1.807, 2.05) is 16.8 Å². The van der Waals surface area contributed by atoms with Gasteiger partial charge in [-0.2, -0.15) is 11.3 Å². The number of hydrogen-bond acceptors (Lipinski definition) is 3. The molecule has 2 aromatic rings. The van der Waals surface area contributed by atoms with E-state index in [2.05, 4.69) is 0 Å². The van der Waals surface area contributed by atoms with E-state index in [0.717, 1.165) is 5.56 Å². The van der Waals surface area contributed by atoms with Crippen LogP contribution in [-0.2, 0) is 6.42 Å². The average molecular weight is 250 g/mol. The van der Waals surface area contributed by atoms with Gasteiger partial charge in [-0.1, -0.05) is 6.07 Å². The number of carbonyl (C=O) groups excluding carboxylic acids is 1. The van der Waals surface area contributed by atoms with Crippen LogP contribution in [0.5, 0.6) is 5.75 Å². The molecule has 1 aromatic carbocycles. The van der Waals surface area contributed by atoms with Gasteiger partial charge in [0.25, 0.3) is 0 Å². The maximum absolute atomic E-state index is 13.4. The molecule has 0 unspecified atom stereocenters. The van der Waals surface area contributed by atoms with Gasteiger partial charge in [0.2, 0.25) is 0 Å². The highest BCUT2D eigenvalue weighted by Crippen LogP contribution is 2.21. The number of carbonyl (C=O) groups is 1. The topological polar surface area (TPSA) is 26.3 Å². The average Bonchev–Trinajstić information content (AvgIpc) is 2.84. The zero-order valence-electron chi connectivity index (χ0n) is 9.06. The normalized spacial score (nSPS) is 10.2. The zero-order chi connectivity index (χ0) is 12.1. The summed E-state index contributed by atoms with van der Waals surface area (Å²) in [5.74, 6) is -0.461. The monoisotopic (exact) mass is 250 g/mol. The maximum Gasteiger partial charge on any atom is 0.165 e. The fourth-order valence-corrected chi connectivity index (χ4v) is 2.18. The van der Waals surface area contributed by atoms with E-state index < -0.39 is 5.82 Å². The minimum Gasteiger partial charge on any atom is -0.489 e. The summed E-state index contributed by atoms with van der Waals surface area (Å²) in [6.45, 7) is 0.360. The highest BCUT2D eigenvalue weighted by molar-refractivity contribution is 7.07. The second kappa shape index (κ2) is 5.59. The van der Waals surface area contributed by atoms with Gasteiger partial charge < -0.3 is 4.74 Å². The maximum atomic E-state index is 13.4. The molecule has 0 N–H and O–H groups in total. The molecular formula is C13H11FO2S. The number of halogens is 1. The molecular weight excluding hydrogens is 239 g/mol. The van der Waals surface area contributed by atoms with Crippen molar-refractivity contribution in [3.63, 3.8) is 0 Å². The van der Waals surface area contributed by atoms with Gasteiger partial charge in [0.05, 0.1) is 12.2 Å². The van der Waals surface area contributed by atoms with Crippen LogP contribution < -0.4 is 4.74 Å². The standard InChI is InChI=1S/C13H11FO2S/c14-12-3-1-2-11(8-15)13(12)16-6-4-10-5-7-17-9-10/h1-3,5,7-9H,4,6H2. The number of rotatable bonds is 5. The van der Waals surface area contributed by atoms with Crippen molar-refractivity contribution in [2.24, 2.45) is 0 Å². The molecule has 0 aliphatic rings. The van der Waals surface area contributed by atoms with E-state index in [1.165, 1.54) is 18.2 Å². The van der Waals surface area contributed by atoms with Crippen LogP contribution in [0.1, 0.15) is 15.9 Å². The summed E-state index contributed by atoms with van der Waals surface area (Å²) in [6, 6.07) is 6.31. The van der Waals surface area contributed by atoms with Gasteiger partial charge in [0, 0.05) is 6.42 Å². The third-order valence-electron chi connectivity index (χ3n) is 2.34. The fraction of sp³-hybridized carbons (Fsp3) is 0.154. The predicted octanol–water partition coefficient (Wildman–Crippen LogP) is 3.32. The Morgan fingerprint density at radius 3 is 2.94 bits per heavy atom. The molecule has 88 valence electrons. The smallest absolute Gasteiger partial charge is 0.165 e. The van der Waals surface area contributed by atoms with E-state index >= 15 is 0 Å². The SMILES string of the molecule is O=Cc1cccc(F)c1OCCc1ccsc1. The largest absolute Gasteiger partial charge is 0.489 e. The predicted molar refractivity (Wildman–Crippen MR) is 65.3 cm³/mol. The summed E-state index contributed by atoms with van der Waals surface area (Å²) in [5, 5.41) is 4.00. The van der Waals surface area contributed by atoms with Crippen LogP contribution in [0, 0.1) is 5.82 Å². The van der Waals surface area contributed by atoms with Crippen molar-refractivity contribution in [1.82, 2.24) is 0 Å². The van der Waals surface area contributed by atoms with Crippen LogP contribution in [0.4, 0.5) is 4.39 Å². The lowest BCUT2D eigenvalue weighted by atomic mass is 10.2. The lowest BCUT2D eigenvalue weighted by molar-refractivity contribution is 0.111. The summed E-state index contributed by atoms with van der Waals surface area (Å²) in [6.07, 6.45) is 1.30. The number of ether oxygens (including phenoxy) is 1. The molecule has 0 saturated heterocycles. The van der Waals surface area contributed by atoms with Crippen molar-refractivity contribution >= 4 is 17.6 Å². The Bertz CT molecular complexity index is 494. The first-order valence-corrected chi connectivity index (χ1v) is 6.13. The van der Waals surface area contributed by atoms with E-state index in [9.17, 15) is 9.18 Å². The lowest BCUT2D eigenvalue weighted by Gasteiger charge is -2.08. The van der Waals surface area contributed by atoms with E-state index in [-0.39, 0.29) is 11.3 Å². The number of aldehydes is 1. The van der Waals surface area contributed by atoms with Crippen LogP contribution in [0.15, 0.2) is 35.0 Å².